The van der Waals surface area contributed by atoms with Gasteiger partial charge in [-0.3, -0.25) is 5.10 Å². The van der Waals surface area contributed by atoms with E-state index in [0.717, 1.165) is 11.1 Å². The molecule has 3 rings (SSSR count). The average molecular weight is 266 g/mol. The number of nitrogens with two attached hydrogens (primary N) is 1. The molecule has 4 N–H and O–H groups in total. The normalized spacial score (nSPS) is 12.2. The Bertz CT molecular complexity index is 709. The first kappa shape index (κ1) is 12.4. The Morgan fingerprint density at radius 2 is 1.85 bits per heavy atom. The molecule has 5 heteroatoms. The van der Waals surface area contributed by atoms with Gasteiger partial charge in [0.1, 0.15) is 11.6 Å². The third-order valence-corrected chi connectivity index (χ3v) is 3.06. The number of hydrogen-bond acceptors (Lipinski definition) is 4. The third-order valence-electron chi connectivity index (χ3n) is 3.06. The Balaban J connectivity index is 1.91. The van der Waals surface area contributed by atoms with E-state index < -0.39 is 0 Å². The molecule has 3 aromatic rings. The van der Waals surface area contributed by atoms with E-state index in [0.29, 0.717) is 11.6 Å². The zero-order chi connectivity index (χ0) is 13.9. The van der Waals surface area contributed by atoms with Crippen LogP contribution in [0.5, 0.6) is 5.75 Å². The lowest BCUT2D eigenvalue weighted by molar-refractivity contribution is 0.475. The Kier molecular flexibility index (Phi) is 3.18. The van der Waals surface area contributed by atoms with Crippen LogP contribution in [0.4, 0.5) is 0 Å². The molecular weight excluding hydrogens is 252 g/mol. The molecule has 0 saturated heterocycles. The molecule has 100 valence electrons. The number of phenolic OH excluding ortho intramolecular Hbond substituents is 1. The van der Waals surface area contributed by atoms with Crippen LogP contribution in [-0.4, -0.2) is 20.3 Å². The average Bonchev–Trinajstić information content (AvgIpc) is 2.97. The van der Waals surface area contributed by atoms with Crippen molar-refractivity contribution < 1.29 is 5.11 Å². The molecule has 0 unspecified atom stereocenters. The summed E-state index contributed by atoms with van der Waals surface area (Å²) in [7, 11) is 0. The smallest absolute Gasteiger partial charge is 0.181 e. The number of benzene rings is 2. The Morgan fingerprint density at radius 3 is 2.60 bits per heavy atom. The van der Waals surface area contributed by atoms with Gasteiger partial charge in [-0.25, -0.2) is 4.98 Å². The van der Waals surface area contributed by atoms with Gasteiger partial charge in [-0.05, 0) is 17.7 Å². The number of aromatic nitrogens is 3. The second-order valence-electron chi connectivity index (χ2n) is 4.48. The summed E-state index contributed by atoms with van der Waals surface area (Å²) < 4.78 is 0. The molecule has 0 radical (unpaired) electrons. The highest BCUT2D eigenvalue weighted by molar-refractivity contribution is 5.57. The number of nitrogens with zero attached hydrogens (tertiary/aromatic N) is 2. The lowest BCUT2D eigenvalue weighted by atomic mass is 10.1. The van der Waals surface area contributed by atoms with Crippen LogP contribution in [0.1, 0.15) is 17.4 Å². The van der Waals surface area contributed by atoms with Gasteiger partial charge in [0, 0.05) is 5.56 Å². The molecule has 0 fully saturated rings. The highest BCUT2D eigenvalue weighted by Gasteiger charge is 2.14. The first-order valence-corrected chi connectivity index (χ1v) is 6.26. The van der Waals surface area contributed by atoms with E-state index in [2.05, 4.69) is 15.2 Å². The van der Waals surface area contributed by atoms with Crippen LogP contribution in [-0.2, 0) is 0 Å². The molecule has 0 amide bonds. The second kappa shape index (κ2) is 5.14. The Morgan fingerprint density at radius 1 is 1.05 bits per heavy atom. The van der Waals surface area contributed by atoms with Crippen LogP contribution in [0.3, 0.4) is 0 Å². The zero-order valence-electron chi connectivity index (χ0n) is 10.7. The quantitative estimate of drug-likeness (QED) is 0.678. The van der Waals surface area contributed by atoms with Crippen molar-refractivity contribution in [2.75, 3.05) is 0 Å². The molecule has 1 aromatic heterocycles. The highest BCUT2D eigenvalue weighted by Crippen LogP contribution is 2.22. The summed E-state index contributed by atoms with van der Waals surface area (Å²) in [6.45, 7) is 0. The van der Waals surface area contributed by atoms with Crippen LogP contribution in [0.25, 0.3) is 11.4 Å². The van der Waals surface area contributed by atoms with E-state index in [1.165, 1.54) is 0 Å². The summed E-state index contributed by atoms with van der Waals surface area (Å²) >= 11 is 0. The molecule has 5 nitrogen and oxygen atoms in total. The van der Waals surface area contributed by atoms with Crippen LogP contribution in [0, 0.1) is 0 Å². The summed E-state index contributed by atoms with van der Waals surface area (Å²) in [5.41, 5.74) is 7.86. The zero-order valence-corrected chi connectivity index (χ0v) is 10.7. The van der Waals surface area contributed by atoms with Crippen molar-refractivity contribution in [2.45, 2.75) is 6.04 Å². The number of phenols is 1. The number of H-pyrrole nitrogens is 1. The van der Waals surface area contributed by atoms with E-state index in [4.69, 9.17) is 5.73 Å². The largest absolute Gasteiger partial charge is 0.508 e. The van der Waals surface area contributed by atoms with Crippen molar-refractivity contribution >= 4 is 0 Å². The predicted octanol–water partition coefficient (Wildman–Crippen LogP) is 2.23. The fourth-order valence-corrected chi connectivity index (χ4v) is 2.01. The van der Waals surface area contributed by atoms with E-state index >= 15 is 0 Å². The summed E-state index contributed by atoms with van der Waals surface area (Å²) in [5, 5.41) is 16.5. The number of rotatable bonds is 3. The molecule has 0 bridgehead atoms. The monoisotopic (exact) mass is 266 g/mol. The Hall–Kier alpha value is -2.66. The van der Waals surface area contributed by atoms with Gasteiger partial charge in [-0.2, -0.15) is 5.10 Å². The molecule has 2 aromatic carbocycles. The van der Waals surface area contributed by atoms with Gasteiger partial charge in [0.05, 0.1) is 6.04 Å². The lowest BCUT2D eigenvalue weighted by Crippen LogP contribution is -2.13. The van der Waals surface area contributed by atoms with Crippen molar-refractivity contribution in [2.24, 2.45) is 5.73 Å². The molecule has 0 saturated carbocycles. The van der Waals surface area contributed by atoms with Crippen molar-refractivity contribution in [1.82, 2.24) is 15.2 Å². The van der Waals surface area contributed by atoms with Gasteiger partial charge in [0.2, 0.25) is 0 Å². The van der Waals surface area contributed by atoms with Crippen LogP contribution >= 0.6 is 0 Å². The SMILES string of the molecule is N[C@@H](c1ccccc1)c1nc(-c2cccc(O)c2)n[nH]1. The van der Waals surface area contributed by atoms with E-state index in [1.807, 2.05) is 36.4 Å². The number of nitrogens with one attached hydrogen (secondary N) is 1. The van der Waals surface area contributed by atoms with Crippen LogP contribution in [0.2, 0.25) is 0 Å². The van der Waals surface area contributed by atoms with Crippen LogP contribution in [0.15, 0.2) is 54.6 Å². The van der Waals surface area contributed by atoms with Gasteiger partial charge in [0.25, 0.3) is 0 Å². The standard InChI is InChI=1S/C15H14N4O/c16-13(10-5-2-1-3-6-10)15-17-14(18-19-15)11-7-4-8-12(20)9-11/h1-9,13,20H,16H2,(H,17,18,19)/t13-/m0/s1. The fourth-order valence-electron chi connectivity index (χ4n) is 2.01. The maximum atomic E-state index is 9.48. The van der Waals surface area contributed by atoms with Crippen molar-refractivity contribution in [1.29, 1.82) is 0 Å². The van der Waals surface area contributed by atoms with Gasteiger partial charge in [-0.15, -0.1) is 0 Å². The van der Waals surface area contributed by atoms with Crippen molar-refractivity contribution in [3.63, 3.8) is 0 Å². The topological polar surface area (TPSA) is 87.8 Å². The maximum absolute atomic E-state index is 9.48. The molecule has 20 heavy (non-hydrogen) atoms. The predicted molar refractivity (Wildman–Crippen MR) is 76.0 cm³/mol. The summed E-state index contributed by atoms with van der Waals surface area (Å²) in [6, 6.07) is 16.1. The van der Waals surface area contributed by atoms with Crippen molar-refractivity contribution in [3.8, 4) is 17.1 Å². The minimum absolute atomic E-state index is 0.182. The summed E-state index contributed by atoms with van der Waals surface area (Å²) in [6.07, 6.45) is 0. The van der Waals surface area contributed by atoms with E-state index in [1.54, 1.807) is 18.2 Å². The summed E-state index contributed by atoms with van der Waals surface area (Å²) in [5.74, 6) is 1.29. The third kappa shape index (κ3) is 2.39. The minimum Gasteiger partial charge on any atom is -0.508 e. The highest BCUT2D eigenvalue weighted by atomic mass is 16.3. The first-order valence-electron chi connectivity index (χ1n) is 6.26. The molecule has 1 heterocycles. The number of hydrogen-bond donors (Lipinski definition) is 3. The lowest BCUT2D eigenvalue weighted by Gasteiger charge is -2.07. The second-order valence-corrected chi connectivity index (χ2v) is 4.48. The first-order chi connectivity index (χ1) is 9.74. The van der Waals surface area contributed by atoms with Crippen molar-refractivity contribution in [3.05, 3.63) is 66.0 Å². The molecule has 0 aliphatic heterocycles. The fraction of sp³-hybridized carbons (Fsp3) is 0.0667. The molecule has 1 atom stereocenters. The molecule has 0 spiro atoms. The number of aromatic amines is 1. The summed E-state index contributed by atoms with van der Waals surface area (Å²) in [4.78, 5) is 4.40. The van der Waals surface area contributed by atoms with Gasteiger partial charge < -0.3 is 10.8 Å². The Labute approximate surface area is 116 Å². The maximum Gasteiger partial charge on any atom is 0.181 e. The van der Waals surface area contributed by atoms with E-state index in [-0.39, 0.29) is 11.8 Å². The molecular formula is C15H14N4O. The van der Waals surface area contributed by atoms with Gasteiger partial charge >= 0.3 is 0 Å². The van der Waals surface area contributed by atoms with E-state index in [9.17, 15) is 5.11 Å². The minimum atomic E-state index is -0.352. The molecule has 0 aliphatic rings. The van der Waals surface area contributed by atoms with Crippen LogP contribution < -0.4 is 5.73 Å². The van der Waals surface area contributed by atoms with Gasteiger partial charge in [0.15, 0.2) is 5.82 Å². The number of aromatic hydroxyl groups is 1. The van der Waals surface area contributed by atoms with Gasteiger partial charge in [-0.1, -0.05) is 42.5 Å². The molecule has 0 aliphatic carbocycles.